The zero-order valence-corrected chi connectivity index (χ0v) is 33.8. The average molecular weight is 683 g/mol. The van der Waals surface area contributed by atoms with Crippen LogP contribution < -0.4 is 0 Å². The summed E-state index contributed by atoms with van der Waals surface area (Å²) in [5.74, 6) is 0.0269. The molecule has 0 aromatic heterocycles. The molecule has 5 nitrogen and oxygen atoms in total. The molecule has 264 valence electrons. The van der Waals surface area contributed by atoms with Crippen molar-refractivity contribution in [3.63, 3.8) is 0 Å². The lowest BCUT2D eigenvalue weighted by Crippen LogP contribution is -2.49. The lowest BCUT2D eigenvalue weighted by molar-refractivity contribution is -0.146. The molecule has 0 aromatic rings. The molecule has 47 heavy (non-hydrogen) atoms. The Balaban J connectivity index is 1.57. The number of carbonyl (C=O) groups is 2. The Morgan fingerprint density at radius 3 is 2.11 bits per heavy atom. The van der Waals surface area contributed by atoms with Gasteiger partial charge in [-0.2, -0.15) is 0 Å². The number of allylic oxidation sites excluding steroid dienone is 5. The van der Waals surface area contributed by atoms with Crippen molar-refractivity contribution in [2.75, 3.05) is 0 Å². The molecule has 0 aromatic carbocycles. The molecule has 7 heteroatoms. The number of hydrogen-bond acceptors (Lipinski definition) is 4. The van der Waals surface area contributed by atoms with Gasteiger partial charge < -0.3 is 14.0 Å². The first-order valence-electron chi connectivity index (χ1n) is 18.4. The van der Waals surface area contributed by atoms with Crippen LogP contribution in [0.3, 0.4) is 0 Å². The summed E-state index contributed by atoms with van der Waals surface area (Å²) >= 11 is 0. The van der Waals surface area contributed by atoms with Crippen molar-refractivity contribution in [1.29, 1.82) is 0 Å². The van der Waals surface area contributed by atoms with Gasteiger partial charge in [0.1, 0.15) is 5.41 Å². The van der Waals surface area contributed by atoms with Crippen LogP contribution in [0, 0.1) is 28.6 Å². The number of carboxylic acid groups (broad SMARTS) is 1. The first-order valence-corrected chi connectivity index (χ1v) is 24.2. The van der Waals surface area contributed by atoms with Gasteiger partial charge in [0.25, 0.3) is 0 Å². The number of ketones is 1. The predicted molar refractivity (Wildman–Crippen MR) is 199 cm³/mol. The van der Waals surface area contributed by atoms with E-state index in [9.17, 15) is 14.7 Å². The SMILES string of the molecule is C=C1/C(=C/C=C2\CCC[C@]3(C)[C@@H]([C@H](C)/C=C/C(=O)C4(C(=O)O)CC4)CC[C@@H]23)C[C@@H](O[Si](C)(C)C(C)(C)C)C[C@@H]1O[Si](C)(C)C(C)(C)C. The molecule has 0 heterocycles. The van der Waals surface area contributed by atoms with Crippen LogP contribution in [0.5, 0.6) is 0 Å². The Labute approximate surface area is 289 Å². The van der Waals surface area contributed by atoms with Crippen LogP contribution in [0.25, 0.3) is 0 Å². The zero-order chi connectivity index (χ0) is 35.4. The van der Waals surface area contributed by atoms with E-state index in [1.807, 2.05) is 6.08 Å². The molecule has 0 amide bonds. The van der Waals surface area contributed by atoms with E-state index in [4.69, 9.17) is 8.85 Å². The summed E-state index contributed by atoms with van der Waals surface area (Å²) in [7, 11) is -3.99. The van der Waals surface area contributed by atoms with Crippen molar-refractivity contribution in [3.8, 4) is 0 Å². The number of fused-ring (bicyclic) bond motifs is 1. The Hall–Kier alpha value is -1.55. The van der Waals surface area contributed by atoms with Gasteiger partial charge in [0.2, 0.25) is 0 Å². The minimum absolute atomic E-state index is 0.0252. The highest BCUT2D eigenvalue weighted by Crippen LogP contribution is 2.60. The van der Waals surface area contributed by atoms with Crippen LogP contribution in [0.15, 0.2) is 47.6 Å². The van der Waals surface area contributed by atoms with Crippen LogP contribution in [0.4, 0.5) is 0 Å². The predicted octanol–water partition coefficient (Wildman–Crippen LogP) is 10.8. The molecule has 4 fully saturated rings. The molecule has 4 aliphatic rings. The highest BCUT2D eigenvalue weighted by molar-refractivity contribution is 6.74. The molecular weight excluding hydrogens is 617 g/mol. The molecule has 4 rings (SSSR count). The van der Waals surface area contributed by atoms with Crippen molar-refractivity contribution < 1.29 is 23.5 Å². The van der Waals surface area contributed by atoms with E-state index in [1.54, 1.807) is 11.6 Å². The zero-order valence-electron chi connectivity index (χ0n) is 31.8. The fourth-order valence-corrected chi connectivity index (χ4v) is 10.8. The summed E-state index contributed by atoms with van der Waals surface area (Å²) < 4.78 is 14.1. The number of rotatable bonds is 10. The van der Waals surface area contributed by atoms with Gasteiger partial charge in [-0.3, -0.25) is 9.59 Å². The third-order valence-electron chi connectivity index (χ3n) is 13.6. The molecule has 0 spiro atoms. The summed E-state index contributed by atoms with van der Waals surface area (Å²) in [6, 6.07) is 0. The first kappa shape index (κ1) is 38.3. The molecule has 0 bridgehead atoms. The van der Waals surface area contributed by atoms with E-state index in [0.29, 0.717) is 24.7 Å². The maximum atomic E-state index is 12.8. The van der Waals surface area contributed by atoms with Gasteiger partial charge in [-0.05, 0) is 128 Å². The highest BCUT2D eigenvalue weighted by atomic mass is 28.4. The molecule has 0 unspecified atom stereocenters. The van der Waals surface area contributed by atoms with Crippen LogP contribution in [-0.4, -0.2) is 45.7 Å². The molecule has 0 saturated heterocycles. The Morgan fingerprint density at radius 1 is 0.957 bits per heavy atom. The van der Waals surface area contributed by atoms with E-state index in [-0.39, 0.29) is 39.4 Å². The van der Waals surface area contributed by atoms with Crippen LogP contribution in [-0.2, 0) is 18.4 Å². The van der Waals surface area contributed by atoms with Crippen LogP contribution >= 0.6 is 0 Å². The fraction of sp³-hybridized carbons (Fsp3) is 0.750. The van der Waals surface area contributed by atoms with Gasteiger partial charge >= 0.3 is 5.97 Å². The fourth-order valence-electron chi connectivity index (χ4n) is 8.13. The Bertz CT molecular complexity index is 1320. The molecular formula is C40H66O5Si2. The molecule has 4 saturated carbocycles. The van der Waals surface area contributed by atoms with E-state index in [1.165, 1.54) is 18.4 Å². The van der Waals surface area contributed by atoms with E-state index in [2.05, 4.69) is 100 Å². The first-order chi connectivity index (χ1) is 21.4. The van der Waals surface area contributed by atoms with Gasteiger partial charge in [-0.25, -0.2) is 0 Å². The minimum atomic E-state index is -2.02. The normalized spacial score (nSPS) is 32.6. The lowest BCUT2D eigenvalue weighted by atomic mass is 9.61. The second-order valence-electron chi connectivity index (χ2n) is 18.8. The number of carboxylic acids is 1. The summed E-state index contributed by atoms with van der Waals surface area (Å²) in [5.41, 5.74) is 2.97. The largest absolute Gasteiger partial charge is 0.480 e. The van der Waals surface area contributed by atoms with Crippen molar-refractivity contribution in [2.45, 2.75) is 162 Å². The smallest absolute Gasteiger partial charge is 0.317 e. The van der Waals surface area contributed by atoms with Gasteiger partial charge in [-0.1, -0.05) is 85.8 Å². The summed E-state index contributed by atoms with van der Waals surface area (Å²) in [6.07, 6.45) is 17.0. The van der Waals surface area contributed by atoms with Crippen molar-refractivity contribution in [2.24, 2.45) is 28.6 Å². The van der Waals surface area contributed by atoms with Gasteiger partial charge in [0, 0.05) is 6.42 Å². The quantitative estimate of drug-likeness (QED) is 0.141. The molecule has 1 N–H and O–H groups in total. The molecule has 0 radical (unpaired) electrons. The molecule has 0 aliphatic heterocycles. The van der Waals surface area contributed by atoms with E-state index in [0.717, 1.165) is 37.7 Å². The monoisotopic (exact) mass is 682 g/mol. The maximum absolute atomic E-state index is 12.8. The molecule has 6 atom stereocenters. The van der Waals surface area contributed by atoms with E-state index >= 15 is 0 Å². The van der Waals surface area contributed by atoms with Crippen molar-refractivity contribution in [3.05, 3.63) is 47.6 Å². The van der Waals surface area contributed by atoms with E-state index < -0.39 is 28.0 Å². The van der Waals surface area contributed by atoms with Crippen molar-refractivity contribution in [1.82, 2.24) is 0 Å². The standard InChI is InChI=1S/C40H66O5Si2/c1-27(16-21-35(41)40(23-24-40)36(42)43)32-19-20-33-29(15-14-22-39(32,33)9)17-18-30-25-31(44-46(10,11)37(3,4)5)26-34(28(30)2)45-47(12,13)38(6,7)8/h16-18,21,27,31-34H,2,14-15,19-20,22-26H2,1,3-13H3,(H,42,43)/b21-16+,29-17+,30-18+/t27-,31-,32-,33+,34+,39-/m1/s1. The summed E-state index contributed by atoms with van der Waals surface area (Å²) in [5, 5.41) is 9.81. The number of aliphatic carboxylic acids is 1. The Kier molecular flexibility index (Phi) is 10.8. The van der Waals surface area contributed by atoms with Gasteiger partial charge in [0.05, 0.1) is 12.2 Å². The van der Waals surface area contributed by atoms with Gasteiger partial charge in [0.15, 0.2) is 22.4 Å². The third kappa shape index (κ3) is 7.78. The van der Waals surface area contributed by atoms with Crippen molar-refractivity contribution >= 4 is 28.4 Å². The lowest BCUT2D eigenvalue weighted by Gasteiger charge is -2.45. The number of hydrogen-bond donors (Lipinski definition) is 1. The second kappa shape index (κ2) is 13.3. The maximum Gasteiger partial charge on any atom is 0.317 e. The van der Waals surface area contributed by atoms with Crippen LogP contribution in [0.2, 0.25) is 36.3 Å². The highest BCUT2D eigenvalue weighted by Gasteiger charge is 2.56. The minimum Gasteiger partial charge on any atom is -0.480 e. The average Bonchev–Trinajstić information content (AvgIpc) is 3.67. The van der Waals surface area contributed by atoms with Crippen LogP contribution in [0.1, 0.15) is 113 Å². The summed E-state index contributed by atoms with van der Waals surface area (Å²) in [4.78, 5) is 24.4. The summed E-state index contributed by atoms with van der Waals surface area (Å²) in [6.45, 7) is 32.6. The Morgan fingerprint density at radius 2 is 1.55 bits per heavy atom. The third-order valence-corrected chi connectivity index (χ3v) is 22.6. The number of carbonyl (C=O) groups excluding carboxylic acids is 1. The molecule has 4 aliphatic carbocycles. The van der Waals surface area contributed by atoms with Gasteiger partial charge in [-0.15, -0.1) is 0 Å². The second-order valence-corrected chi connectivity index (χ2v) is 28.3. The topological polar surface area (TPSA) is 72.8 Å².